The molecular formula is C14H21N3O2. The van der Waals surface area contributed by atoms with E-state index in [2.05, 4.69) is 10.1 Å². The fourth-order valence-corrected chi connectivity index (χ4v) is 2.57. The zero-order valence-corrected chi connectivity index (χ0v) is 11.4. The molecule has 1 saturated carbocycles. The summed E-state index contributed by atoms with van der Waals surface area (Å²) >= 11 is 0. The first-order valence-electron chi connectivity index (χ1n) is 6.49. The summed E-state index contributed by atoms with van der Waals surface area (Å²) in [5.74, 6) is 0.706. The monoisotopic (exact) mass is 263 g/mol. The number of benzene rings is 1. The van der Waals surface area contributed by atoms with Gasteiger partial charge < -0.3 is 20.9 Å². The number of anilines is 1. The lowest BCUT2D eigenvalue weighted by atomic mass is 9.82. The Balaban J connectivity index is 2.06. The summed E-state index contributed by atoms with van der Waals surface area (Å²) in [6.45, 7) is 2.89. The van der Waals surface area contributed by atoms with Gasteiger partial charge in [0, 0.05) is 24.8 Å². The van der Waals surface area contributed by atoms with E-state index in [0.717, 1.165) is 36.2 Å². The van der Waals surface area contributed by atoms with Crippen LogP contribution in [0.5, 0.6) is 0 Å². The molecule has 0 radical (unpaired) electrons. The number of aliphatic hydroxyl groups excluding tert-OH is 1. The van der Waals surface area contributed by atoms with Gasteiger partial charge in [0.2, 0.25) is 0 Å². The molecule has 2 rings (SSSR count). The third-order valence-corrected chi connectivity index (χ3v) is 3.78. The number of oxime groups is 1. The number of aliphatic hydroxyl groups is 1. The van der Waals surface area contributed by atoms with Crippen molar-refractivity contribution in [3.63, 3.8) is 0 Å². The third kappa shape index (κ3) is 2.98. The zero-order valence-electron chi connectivity index (χ0n) is 11.4. The van der Waals surface area contributed by atoms with Crippen LogP contribution in [0.25, 0.3) is 0 Å². The van der Waals surface area contributed by atoms with Crippen LogP contribution in [0.15, 0.2) is 23.4 Å². The predicted octanol–water partition coefficient (Wildman–Crippen LogP) is 1.30. The van der Waals surface area contributed by atoms with Crippen molar-refractivity contribution in [1.29, 1.82) is 0 Å². The van der Waals surface area contributed by atoms with Crippen LogP contribution in [0.2, 0.25) is 0 Å². The first kappa shape index (κ1) is 13.7. The van der Waals surface area contributed by atoms with Crippen LogP contribution in [-0.2, 0) is 0 Å². The van der Waals surface area contributed by atoms with Crippen LogP contribution < -0.4 is 10.6 Å². The number of hydrogen-bond acceptors (Lipinski definition) is 4. The fraction of sp³-hybridized carbons (Fsp3) is 0.500. The van der Waals surface area contributed by atoms with Gasteiger partial charge in [-0.15, -0.1) is 0 Å². The van der Waals surface area contributed by atoms with Crippen LogP contribution in [-0.4, -0.2) is 35.8 Å². The van der Waals surface area contributed by atoms with Crippen molar-refractivity contribution in [2.24, 2.45) is 16.8 Å². The van der Waals surface area contributed by atoms with Crippen molar-refractivity contribution in [1.82, 2.24) is 0 Å². The highest BCUT2D eigenvalue weighted by atomic mass is 16.4. The van der Waals surface area contributed by atoms with Crippen LogP contribution in [0.4, 0.5) is 5.69 Å². The fourth-order valence-electron chi connectivity index (χ4n) is 2.57. The first-order valence-corrected chi connectivity index (χ1v) is 6.49. The van der Waals surface area contributed by atoms with Crippen molar-refractivity contribution in [2.75, 3.05) is 18.5 Å². The maximum absolute atomic E-state index is 9.30. The maximum atomic E-state index is 9.30. The van der Waals surface area contributed by atoms with Gasteiger partial charge in [0.05, 0.1) is 6.10 Å². The van der Waals surface area contributed by atoms with E-state index >= 15 is 0 Å². The minimum absolute atomic E-state index is 0.108. The smallest absolute Gasteiger partial charge is 0.170 e. The summed E-state index contributed by atoms with van der Waals surface area (Å²) < 4.78 is 0. The zero-order chi connectivity index (χ0) is 14.0. The Hall–Kier alpha value is -1.75. The molecule has 1 aromatic rings. The number of rotatable bonds is 4. The van der Waals surface area contributed by atoms with Crippen molar-refractivity contribution in [3.05, 3.63) is 29.3 Å². The van der Waals surface area contributed by atoms with Gasteiger partial charge in [-0.05, 0) is 49.4 Å². The summed E-state index contributed by atoms with van der Waals surface area (Å²) in [7, 11) is 2.04. The van der Waals surface area contributed by atoms with Crippen LogP contribution in [0.3, 0.4) is 0 Å². The van der Waals surface area contributed by atoms with Crippen LogP contribution >= 0.6 is 0 Å². The van der Waals surface area contributed by atoms with E-state index in [4.69, 9.17) is 10.9 Å². The van der Waals surface area contributed by atoms with E-state index in [9.17, 15) is 5.11 Å². The Morgan fingerprint density at radius 2 is 2.16 bits per heavy atom. The molecule has 0 heterocycles. The largest absolute Gasteiger partial charge is 0.409 e. The molecule has 19 heavy (non-hydrogen) atoms. The van der Waals surface area contributed by atoms with E-state index < -0.39 is 0 Å². The molecule has 5 heteroatoms. The topological polar surface area (TPSA) is 82.1 Å². The standard InChI is InChI=1S/C14H21N3O2/c1-9-5-11(3-4-13(9)14(15)16-19)17(2)8-10-6-12(18)7-10/h3-5,10,12,18-19H,6-8H2,1-2H3,(H2,15,16). The minimum Gasteiger partial charge on any atom is -0.409 e. The number of aryl methyl sites for hydroxylation is 1. The maximum Gasteiger partial charge on any atom is 0.170 e. The normalized spacial score (nSPS) is 23.0. The predicted molar refractivity (Wildman–Crippen MR) is 75.7 cm³/mol. The van der Waals surface area contributed by atoms with Crippen molar-refractivity contribution >= 4 is 11.5 Å². The average molecular weight is 263 g/mol. The molecule has 0 amide bonds. The van der Waals surface area contributed by atoms with Gasteiger partial charge in [0.25, 0.3) is 0 Å². The molecule has 5 nitrogen and oxygen atoms in total. The molecule has 0 saturated heterocycles. The van der Waals surface area contributed by atoms with Gasteiger partial charge >= 0.3 is 0 Å². The molecule has 4 N–H and O–H groups in total. The highest BCUT2D eigenvalue weighted by Crippen LogP contribution is 2.29. The lowest BCUT2D eigenvalue weighted by molar-refractivity contribution is 0.0465. The lowest BCUT2D eigenvalue weighted by Crippen LogP contribution is -2.37. The molecule has 0 spiro atoms. The second-order valence-electron chi connectivity index (χ2n) is 5.36. The van der Waals surface area contributed by atoms with E-state index in [1.54, 1.807) is 0 Å². The Labute approximate surface area is 113 Å². The summed E-state index contributed by atoms with van der Waals surface area (Å²) in [6.07, 6.45) is 1.68. The highest BCUT2D eigenvalue weighted by Gasteiger charge is 2.28. The van der Waals surface area contributed by atoms with Gasteiger partial charge in [-0.2, -0.15) is 0 Å². The van der Waals surface area contributed by atoms with Crippen molar-refractivity contribution in [3.8, 4) is 0 Å². The molecule has 0 unspecified atom stereocenters. The van der Waals surface area contributed by atoms with E-state index in [1.807, 2.05) is 32.2 Å². The molecule has 1 aromatic carbocycles. The van der Waals surface area contributed by atoms with Crippen LogP contribution in [0.1, 0.15) is 24.0 Å². The summed E-state index contributed by atoms with van der Waals surface area (Å²) in [5, 5.41) is 21.0. The summed E-state index contributed by atoms with van der Waals surface area (Å²) in [4.78, 5) is 2.18. The number of amidine groups is 1. The Morgan fingerprint density at radius 1 is 1.47 bits per heavy atom. The van der Waals surface area contributed by atoms with Gasteiger partial charge in [0.1, 0.15) is 0 Å². The van der Waals surface area contributed by atoms with Crippen LogP contribution in [0, 0.1) is 12.8 Å². The first-order chi connectivity index (χ1) is 9.01. The summed E-state index contributed by atoms with van der Waals surface area (Å²) in [5.41, 5.74) is 8.44. The van der Waals surface area contributed by atoms with E-state index in [1.165, 1.54) is 0 Å². The van der Waals surface area contributed by atoms with Gasteiger partial charge in [-0.25, -0.2) is 0 Å². The second-order valence-corrected chi connectivity index (χ2v) is 5.36. The molecular weight excluding hydrogens is 242 g/mol. The van der Waals surface area contributed by atoms with Gasteiger partial charge in [0.15, 0.2) is 5.84 Å². The van der Waals surface area contributed by atoms with Gasteiger partial charge in [-0.3, -0.25) is 0 Å². The Morgan fingerprint density at radius 3 is 2.68 bits per heavy atom. The molecule has 0 aromatic heterocycles. The molecule has 1 fully saturated rings. The van der Waals surface area contributed by atoms with Crippen molar-refractivity contribution < 1.29 is 10.3 Å². The van der Waals surface area contributed by atoms with Crippen molar-refractivity contribution in [2.45, 2.75) is 25.9 Å². The number of nitrogens with two attached hydrogens (primary N) is 1. The highest BCUT2D eigenvalue weighted by molar-refractivity contribution is 5.98. The molecule has 0 bridgehead atoms. The molecule has 104 valence electrons. The lowest BCUT2D eigenvalue weighted by Gasteiger charge is -2.35. The molecule has 0 aliphatic heterocycles. The average Bonchev–Trinajstić information content (AvgIpc) is 2.35. The molecule has 0 atom stereocenters. The summed E-state index contributed by atoms with van der Waals surface area (Å²) in [6, 6.07) is 5.86. The minimum atomic E-state index is -0.108. The van der Waals surface area contributed by atoms with E-state index in [0.29, 0.717) is 5.92 Å². The third-order valence-electron chi connectivity index (χ3n) is 3.78. The Kier molecular flexibility index (Phi) is 3.95. The van der Waals surface area contributed by atoms with E-state index in [-0.39, 0.29) is 11.9 Å². The SMILES string of the molecule is Cc1cc(N(C)CC2CC(O)C2)ccc1/C(N)=N/O. The quantitative estimate of drug-likeness (QED) is 0.331. The second kappa shape index (κ2) is 5.48. The number of hydrogen-bond donors (Lipinski definition) is 3. The number of nitrogens with zero attached hydrogens (tertiary/aromatic N) is 2. The van der Waals surface area contributed by atoms with Gasteiger partial charge in [-0.1, -0.05) is 5.16 Å². The molecule has 1 aliphatic rings. The molecule has 1 aliphatic carbocycles. The Bertz CT molecular complexity index is 482.